The van der Waals surface area contributed by atoms with Crippen LogP contribution in [-0.4, -0.2) is 41.1 Å². The number of aryl methyl sites for hydroxylation is 2. The fourth-order valence-corrected chi connectivity index (χ4v) is 2.79. The van der Waals surface area contributed by atoms with E-state index in [1.165, 1.54) is 10.5 Å². The molecule has 2 aromatic rings. The second-order valence-electron chi connectivity index (χ2n) is 6.89. The lowest BCUT2D eigenvalue weighted by Crippen LogP contribution is -2.35. The van der Waals surface area contributed by atoms with Gasteiger partial charge in [0.1, 0.15) is 5.82 Å². The Morgan fingerprint density at radius 3 is 2.43 bits per heavy atom. The van der Waals surface area contributed by atoms with Gasteiger partial charge in [0, 0.05) is 31.6 Å². The summed E-state index contributed by atoms with van der Waals surface area (Å²) in [7, 11) is 1.55. The standard InChI is InChI=1S/C22H27N3O3/c1-4-5-17-6-8-18(9-7-17)19(26)10-11-22(28)25(3)15-21(27)24-20-14-16(2)12-13-23-20/h6-9,12-14H,4-5,10-11,15H2,1-3H3,(H,23,24,27). The van der Waals surface area contributed by atoms with Crippen LogP contribution in [0.15, 0.2) is 42.6 Å². The summed E-state index contributed by atoms with van der Waals surface area (Å²) in [6.07, 6.45) is 3.85. The van der Waals surface area contributed by atoms with E-state index in [-0.39, 0.29) is 37.0 Å². The summed E-state index contributed by atoms with van der Waals surface area (Å²) in [6, 6.07) is 11.1. The third-order valence-electron chi connectivity index (χ3n) is 4.37. The molecule has 0 saturated carbocycles. The molecule has 6 heteroatoms. The molecule has 1 aromatic carbocycles. The van der Waals surface area contributed by atoms with Gasteiger partial charge in [0.15, 0.2) is 5.78 Å². The van der Waals surface area contributed by atoms with E-state index in [0.29, 0.717) is 11.4 Å². The molecular formula is C22H27N3O3. The first-order valence-corrected chi connectivity index (χ1v) is 9.47. The summed E-state index contributed by atoms with van der Waals surface area (Å²) >= 11 is 0. The fourth-order valence-electron chi connectivity index (χ4n) is 2.79. The number of carbonyl (C=O) groups excluding carboxylic acids is 3. The van der Waals surface area contributed by atoms with Crippen LogP contribution in [0.1, 0.15) is 47.7 Å². The Hall–Kier alpha value is -3.02. The zero-order chi connectivity index (χ0) is 20.5. The third kappa shape index (κ3) is 6.61. The van der Waals surface area contributed by atoms with E-state index in [4.69, 9.17) is 0 Å². The molecule has 0 spiro atoms. The number of anilines is 1. The summed E-state index contributed by atoms with van der Waals surface area (Å²) < 4.78 is 0. The maximum absolute atomic E-state index is 12.3. The molecule has 0 saturated heterocycles. The number of nitrogens with one attached hydrogen (secondary N) is 1. The Bertz CT molecular complexity index is 831. The van der Waals surface area contributed by atoms with Crippen molar-refractivity contribution in [2.24, 2.45) is 0 Å². The van der Waals surface area contributed by atoms with Crippen molar-refractivity contribution >= 4 is 23.4 Å². The minimum absolute atomic E-state index is 0.0711. The molecule has 0 atom stereocenters. The first kappa shape index (κ1) is 21.3. The van der Waals surface area contributed by atoms with Gasteiger partial charge in [-0.3, -0.25) is 14.4 Å². The Morgan fingerprint density at radius 1 is 1.07 bits per heavy atom. The van der Waals surface area contributed by atoms with Crippen molar-refractivity contribution in [3.05, 3.63) is 59.3 Å². The van der Waals surface area contributed by atoms with E-state index >= 15 is 0 Å². The highest BCUT2D eigenvalue weighted by Crippen LogP contribution is 2.11. The summed E-state index contributed by atoms with van der Waals surface area (Å²) in [5.41, 5.74) is 2.79. The monoisotopic (exact) mass is 381 g/mol. The minimum atomic E-state index is -0.327. The Morgan fingerprint density at radius 2 is 1.79 bits per heavy atom. The molecule has 0 bridgehead atoms. The van der Waals surface area contributed by atoms with Crippen LogP contribution in [0.2, 0.25) is 0 Å². The normalized spacial score (nSPS) is 10.4. The molecule has 0 aliphatic carbocycles. The molecule has 28 heavy (non-hydrogen) atoms. The van der Waals surface area contributed by atoms with Crippen LogP contribution in [0.5, 0.6) is 0 Å². The number of carbonyl (C=O) groups is 3. The zero-order valence-corrected chi connectivity index (χ0v) is 16.7. The van der Waals surface area contributed by atoms with Crippen molar-refractivity contribution in [1.82, 2.24) is 9.88 Å². The van der Waals surface area contributed by atoms with E-state index < -0.39 is 0 Å². The third-order valence-corrected chi connectivity index (χ3v) is 4.37. The number of hydrogen-bond acceptors (Lipinski definition) is 4. The summed E-state index contributed by atoms with van der Waals surface area (Å²) in [4.78, 5) is 42.0. The van der Waals surface area contributed by atoms with Crippen LogP contribution < -0.4 is 5.32 Å². The minimum Gasteiger partial charge on any atom is -0.336 e. The van der Waals surface area contributed by atoms with Gasteiger partial charge in [0.05, 0.1) is 6.54 Å². The number of Topliss-reactive ketones (excluding diaryl/α,β-unsaturated/α-hetero) is 1. The summed E-state index contributed by atoms with van der Waals surface area (Å²) in [6.45, 7) is 3.93. The van der Waals surface area contributed by atoms with Gasteiger partial charge in [-0.15, -0.1) is 0 Å². The Balaban J connectivity index is 1.79. The van der Waals surface area contributed by atoms with E-state index in [1.54, 1.807) is 19.3 Å². The SMILES string of the molecule is CCCc1ccc(C(=O)CCC(=O)N(C)CC(=O)Nc2cc(C)ccn2)cc1. The highest BCUT2D eigenvalue weighted by molar-refractivity contribution is 5.98. The number of hydrogen-bond donors (Lipinski definition) is 1. The van der Waals surface area contributed by atoms with Crippen molar-refractivity contribution in [3.63, 3.8) is 0 Å². The van der Waals surface area contributed by atoms with Gasteiger partial charge < -0.3 is 10.2 Å². The first-order valence-electron chi connectivity index (χ1n) is 9.47. The molecule has 1 heterocycles. The van der Waals surface area contributed by atoms with Crippen molar-refractivity contribution in [2.75, 3.05) is 18.9 Å². The maximum atomic E-state index is 12.3. The topological polar surface area (TPSA) is 79.4 Å². The van der Waals surface area contributed by atoms with Crippen molar-refractivity contribution in [2.45, 2.75) is 39.5 Å². The van der Waals surface area contributed by atoms with Crippen molar-refractivity contribution in [1.29, 1.82) is 0 Å². The predicted octanol–water partition coefficient (Wildman–Crippen LogP) is 3.40. The fraction of sp³-hybridized carbons (Fsp3) is 0.364. The van der Waals surface area contributed by atoms with Gasteiger partial charge >= 0.3 is 0 Å². The molecule has 0 fully saturated rings. The van der Waals surface area contributed by atoms with Gasteiger partial charge in [-0.05, 0) is 36.6 Å². The molecule has 1 N–H and O–H groups in total. The number of benzene rings is 1. The van der Waals surface area contributed by atoms with Gasteiger partial charge in [0.2, 0.25) is 11.8 Å². The van der Waals surface area contributed by atoms with E-state index in [1.807, 2.05) is 37.3 Å². The molecule has 2 amide bonds. The second-order valence-corrected chi connectivity index (χ2v) is 6.89. The Labute approximate surface area is 166 Å². The highest BCUT2D eigenvalue weighted by atomic mass is 16.2. The van der Waals surface area contributed by atoms with Crippen LogP contribution in [-0.2, 0) is 16.0 Å². The van der Waals surface area contributed by atoms with E-state index in [0.717, 1.165) is 18.4 Å². The van der Waals surface area contributed by atoms with Crippen molar-refractivity contribution < 1.29 is 14.4 Å². The molecule has 0 aliphatic heterocycles. The Kier molecular flexibility index (Phi) is 7.87. The molecule has 6 nitrogen and oxygen atoms in total. The first-order chi connectivity index (χ1) is 13.4. The molecule has 148 valence electrons. The van der Waals surface area contributed by atoms with Crippen LogP contribution in [0.25, 0.3) is 0 Å². The maximum Gasteiger partial charge on any atom is 0.245 e. The largest absolute Gasteiger partial charge is 0.336 e. The van der Waals surface area contributed by atoms with Crippen LogP contribution in [0.4, 0.5) is 5.82 Å². The molecule has 0 unspecified atom stereocenters. The quantitative estimate of drug-likeness (QED) is 0.675. The lowest BCUT2D eigenvalue weighted by atomic mass is 10.0. The average molecular weight is 381 g/mol. The smallest absolute Gasteiger partial charge is 0.245 e. The van der Waals surface area contributed by atoms with E-state index in [2.05, 4.69) is 17.2 Å². The number of amides is 2. The number of aromatic nitrogens is 1. The van der Waals surface area contributed by atoms with Crippen LogP contribution >= 0.6 is 0 Å². The lowest BCUT2D eigenvalue weighted by molar-refractivity contribution is -0.133. The lowest BCUT2D eigenvalue weighted by Gasteiger charge is -2.16. The van der Waals surface area contributed by atoms with Crippen LogP contribution in [0.3, 0.4) is 0 Å². The number of rotatable bonds is 9. The number of likely N-dealkylation sites (N-methyl/N-ethyl adjacent to an activating group) is 1. The molecule has 0 aliphatic rings. The molecule has 2 rings (SSSR count). The van der Waals surface area contributed by atoms with Crippen molar-refractivity contribution in [3.8, 4) is 0 Å². The number of nitrogens with zero attached hydrogens (tertiary/aromatic N) is 2. The van der Waals surface area contributed by atoms with Gasteiger partial charge in [-0.25, -0.2) is 4.98 Å². The summed E-state index contributed by atoms with van der Waals surface area (Å²) in [5.74, 6) is -0.194. The van der Waals surface area contributed by atoms with Gasteiger partial charge in [-0.2, -0.15) is 0 Å². The number of pyridine rings is 1. The summed E-state index contributed by atoms with van der Waals surface area (Å²) in [5, 5.41) is 2.66. The predicted molar refractivity (Wildman–Crippen MR) is 109 cm³/mol. The van der Waals surface area contributed by atoms with E-state index in [9.17, 15) is 14.4 Å². The zero-order valence-electron chi connectivity index (χ0n) is 16.7. The molecule has 0 radical (unpaired) electrons. The number of ketones is 1. The molecule has 1 aromatic heterocycles. The van der Waals surface area contributed by atoms with Crippen LogP contribution in [0, 0.1) is 6.92 Å². The van der Waals surface area contributed by atoms with Gasteiger partial charge in [0.25, 0.3) is 0 Å². The average Bonchev–Trinajstić information content (AvgIpc) is 2.66. The van der Waals surface area contributed by atoms with Gasteiger partial charge in [-0.1, -0.05) is 37.6 Å². The second kappa shape index (κ2) is 10.3. The molecular weight excluding hydrogens is 354 g/mol. The highest BCUT2D eigenvalue weighted by Gasteiger charge is 2.15.